The van der Waals surface area contributed by atoms with Crippen LogP contribution in [0.4, 0.5) is 5.69 Å². The molecule has 2 heterocycles. The van der Waals surface area contributed by atoms with Gasteiger partial charge in [0.1, 0.15) is 0 Å². The number of benzene rings is 3. The number of tetrazole rings is 1. The standard InChI is InChI=1S/C24H18N6O3/c1-33-24(32)16-9-12-18-19(13-16)26-23(31)20(18)21(14-5-3-2-4-6-14)25-17-10-7-15(8-11-17)22-27-29-30-28-22/h2-13,26,31H,1H3,(H,27,28,29,30). The topological polar surface area (TPSA) is 129 Å². The zero-order valence-corrected chi connectivity index (χ0v) is 17.5. The van der Waals surface area contributed by atoms with Crippen LogP contribution in [0.25, 0.3) is 22.3 Å². The summed E-state index contributed by atoms with van der Waals surface area (Å²) >= 11 is 0. The Morgan fingerprint density at radius 3 is 2.48 bits per heavy atom. The number of hydrogen-bond donors (Lipinski definition) is 3. The van der Waals surface area contributed by atoms with E-state index in [-0.39, 0.29) is 5.88 Å². The van der Waals surface area contributed by atoms with Crippen LogP contribution in [0.3, 0.4) is 0 Å². The average Bonchev–Trinajstić information content (AvgIpc) is 3.50. The maximum absolute atomic E-state index is 11.9. The van der Waals surface area contributed by atoms with Crippen LogP contribution in [-0.2, 0) is 4.74 Å². The van der Waals surface area contributed by atoms with E-state index in [1.54, 1.807) is 18.2 Å². The molecule has 0 bridgehead atoms. The minimum absolute atomic E-state index is 0.0435. The Kier molecular flexibility index (Phi) is 5.12. The fraction of sp³-hybridized carbons (Fsp3) is 0.0417. The zero-order chi connectivity index (χ0) is 22.8. The van der Waals surface area contributed by atoms with Gasteiger partial charge >= 0.3 is 5.97 Å². The lowest BCUT2D eigenvalue weighted by atomic mass is 10.00. The van der Waals surface area contributed by atoms with E-state index in [2.05, 4.69) is 25.6 Å². The van der Waals surface area contributed by atoms with Gasteiger partial charge in [-0.1, -0.05) is 36.4 Å². The van der Waals surface area contributed by atoms with Gasteiger partial charge in [0.2, 0.25) is 5.82 Å². The molecular formula is C24H18N6O3. The summed E-state index contributed by atoms with van der Waals surface area (Å²) in [6.07, 6.45) is 0. The number of ether oxygens (including phenoxy) is 1. The lowest BCUT2D eigenvalue weighted by Gasteiger charge is -2.08. The molecule has 0 amide bonds. The lowest BCUT2D eigenvalue weighted by molar-refractivity contribution is 0.0601. The molecule has 3 aromatic carbocycles. The van der Waals surface area contributed by atoms with Gasteiger partial charge in [-0.2, -0.15) is 5.21 Å². The molecule has 0 saturated carbocycles. The van der Waals surface area contributed by atoms with Crippen LogP contribution < -0.4 is 0 Å². The van der Waals surface area contributed by atoms with Gasteiger partial charge in [-0.3, -0.25) is 0 Å². The van der Waals surface area contributed by atoms with E-state index < -0.39 is 5.97 Å². The van der Waals surface area contributed by atoms with Crippen molar-refractivity contribution < 1.29 is 14.6 Å². The van der Waals surface area contributed by atoms with Crippen LogP contribution in [0.2, 0.25) is 0 Å². The number of aromatic nitrogens is 5. The molecule has 3 N–H and O–H groups in total. The number of nitrogens with zero attached hydrogens (tertiary/aromatic N) is 4. The molecule has 0 saturated heterocycles. The number of rotatable bonds is 5. The fourth-order valence-electron chi connectivity index (χ4n) is 3.63. The highest BCUT2D eigenvalue weighted by molar-refractivity contribution is 6.22. The molecule has 0 atom stereocenters. The Bertz CT molecular complexity index is 1460. The summed E-state index contributed by atoms with van der Waals surface area (Å²) in [4.78, 5) is 19.7. The number of esters is 1. The average molecular weight is 438 g/mol. The Balaban J connectivity index is 1.64. The first-order valence-electron chi connectivity index (χ1n) is 10.1. The molecule has 9 heteroatoms. The molecule has 9 nitrogen and oxygen atoms in total. The highest BCUT2D eigenvalue weighted by Crippen LogP contribution is 2.32. The molecule has 33 heavy (non-hydrogen) atoms. The number of carbonyl (C=O) groups is 1. The second-order valence-corrected chi connectivity index (χ2v) is 7.21. The lowest BCUT2D eigenvalue weighted by Crippen LogP contribution is -2.03. The van der Waals surface area contributed by atoms with E-state index in [0.29, 0.717) is 33.9 Å². The third kappa shape index (κ3) is 3.83. The largest absolute Gasteiger partial charge is 0.494 e. The van der Waals surface area contributed by atoms with E-state index in [1.165, 1.54) is 7.11 Å². The smallest absolute Gasteiger partial charge is 0.337 e. The van der Waals surface area contributed by atoms with Gasteiger partial charge in [0.05, 0.1) is 29.6 Å². The second-order valence-electron chi connectivity index (χ2n) is 7.21. The number of carbonyl (C=O) groups excluding carboxylic acids is 1. The quantitative estimate of drug-likeness (QED) is 0.281. The van der Waals surface area contributed by atoms with E-state index in [0.717, 1.165) is 16.5 Å². The van der Waals surface area contributed by atoms with Crippen LogP contribution in [0.15, 0.2) is 77.8 Å². The molecule has 2 aromatic heterocycles. The van der Waals surface area contributed by atoms with Gasteiger partial charge in [-0.15, -0.1) is 10.2 Å². The summed E-state index contributed by atoms with van der Waals surface area (Å²) < 4.78 is 4.80. The number of aromatic hydroxyl groups is 1. The van der Waals surface area contributed by atoms with E-state index in [1.807, 2.05) is 54.6 Å². The third-order valence-electron chi connectivity index (χ3n) is 5.20. The van der Waals surface area contributed by atoms with Crippen molar-refractivity contribution in [3.05, 3.63) is 89.5 Å². The monoisotopic (exact) mass is 438 g/mol. The van der Waals surface area contributed by atoms with Gasteiger partial charge in [-0.25, -0.2) is 9.79 Å². The minimum Gasteiger partial charge on any atom is -0.494 e. The van der Waals surface area contributed by atoms with Crippen molar-refractivity contribution in [1.82, 2.24) is 25.6 Å². The van der Waals surface area contributed by atoms with Gasteiger partial charge in [0.25, 0.3) is 0 Å². The van der Waals surface area contributed by atoms with E-state index >= 15 is 0 Å². The normalized spacial score (nSPS) is 11.6. The Labute approximate surface area is 187 Å². The molecule has 0 aliphatic rings. The van der Waals surface area contributed by atoms with Crippen molar-refractivity contribution >= 4 is 28.3 Å². The van der Waals surface area contributed by atoms with Crippen molar-refractivity contribution in [1.29, 1.82) is 0 Å². The molecular weight excluding hydrogens is 420 g/mol. The van der Waals surface area contributed by atoms with Gasteiger partial charge in [-0.05, 0) is 41.6 Å². The minimum atomic E-state index is -0.453. The molecule has 0 unspecified atom stereocenters. The number of hydrogen-bond acceptors (Lipinski definition) is 7. The number of aliphatic imine (C=N–C) groups is 1. The van der Waals surface area contributed by atoms with Gasteiger partial charge in [0, 0.05) is 22.0 Å². The van der Waals surface area contributed by atoms with Gasteiger partial charge in [0.15, 0.2) is 5.88 Å². The summed E-state index contributed by atoms with van der Waals surface area (Å²) in [6.45, 7) is 0. The van der Waals surface area contributed by atoms with Gasteiger partial charge < -0.3 is 14.8 Å². The maximum Gasteiger partial charge on any atom is 0.337 e. The summed E-state index contributed by atoms with van der Waals surface area (Å²) in [7, 11) is 1.33. The predicted molar refractivity (Wildman–Crippen MR) is 123 cm³/mol. The first-order valence-corrected chi connectivity index (χ1v) is 10.1. The first kappa shape index (κ1) is 20.1. The Morgan fingerprint density at radius 1 is 1.00 bits per heavy atom. The number of nitrogens with one attached hydrogen (secondary N) is 2. The van der Waals surface area contributed by atoms with Crippen molar-refractivity contribution in [3.63, 3.8) is 0 Å². The number of methoxy groups -OCH3 is 1. The van der Waals surface area contributed by atoms with Crippen LogP contribution >= 0.6 is 0 Å². The molecule has 0 radical (unpaired) electrons. The number of aromatic amines is 2. The maximum atomic E-state index is 11.9. The number of H-pyrrole nitrogens is 2. The molecule has 5 aromatic rings. The highest BCUT2D eigenvalue weighted by Gasteiger charge is 2.20. The molecule has 5 rings (SSSR count). The Hall–Kier alpha value is -4.79. The van der Waals surface area contributed by atoms with Crippen molar-refractivity contribution in [2.45, 2.75) is 0 Å². The van der Waals surface area contributed by atoms with Crippen LogP contribution in [-0.4, -0.2) is 49.5 Å². The van der Waals surface area contributed by atoms with E-state index in [4.69, 9.17) is 9.73 Å². The molecule has 162 valence electrons. The summed E-state index contributed by atoms with van der Waals surface area (Å²) in [5.41, 5.74) is 4.41. The second kappa shape index (κ2) is 8.39. The third-order valence-corrected chi connectivity index (χ3v) is 5.20. The Morgan fingerprint density at radius 2 is 1.79 bits per heavy atom. The molecule has 0 aliphatic carbocycles. The highest BCUT2D eigenvalue weighted by atomic mass is 16.5. The molecule has 0 spiro atoms. The van der Waals surface area contributed by atoms with Crippen molar-refractivity contribution in [2.24, 2.45) is 4.99 Å². The first-order chi connectivity index (χ1) is 16.1. The SMILES string of the molecule is COC(=O)c1ccc2c(C(=Nc3ccc(-c4nn[nH]n4)cc3)c3ccccc3)c(O)[nH]c2c1. The van der Waals surface area contributed by atoms with Crippen LogP contribution in [0.1, 0.15) is 21.5 Å². The van der Waals surface area contributed by atoms with Crippen LogP contribution in [0.5, 0.6) is 5.88 Å². The molecule has 0 fully saturated rings. The summed E-state index contributed by atoms with van der Waals surface area (Å²) in [5, 5.41) is 25.5. The predicted octanol–water partition coefficient (Wildman–Crippen LogP) is 4.01. The zero-order valence-electron chi connectivity index (χ0n) is 17.5. The van der Waals surface area contributed by atoms with Crippen molar-refractivity contribution in [2.75, 3.05) is 7.11 Å². The fourth-order valence-corrected chi connectivity index (χ4v) is 3.63. The van der Waals surface area contributed by atoms with Crippen LogP contribution in [0, 0.1) is 0 Å². The number of fused-ring (bicyclic) bond motifs is 1. The summed E-state index contributed by atoms with van der Waals surface area (Å²) in [6, 6.07) is 22.0. The summed E-state index contributed by atoms with van der Waals surface area (Å²) in [5.74, 6) is -0.00582. The van der Waals surface area contributed by atoms with E-state index in [9.17, 15) is 9.90 Å². The molecule has 0 aliphatic heterocycles. The van der Waals surface area contributed by atoms with Crippen molar-refractivity contribution in [3.8, 4) is 17.3 Å².